The van der Waals surface area contributed by atoms with Crippen LogP contribution in [0.1, 0.15) is 28.7 Å². The zero-order valence-electron chi connectivity index (χ0n) is 23.0. The summed E-state index contributed by atoms with van der Waals surface area (Å²) in [5, 5.41) is 2.18. The lowest BCUT2D eigenvalue weighted by Crippen LogP contribution is -2.34. The number of anilines is 3. The molecule has 4 aromatic carbocycles. The minimum Gasteiger partial charge on any atom is -0.310 e. The molecule has 208 valence electrons. The first-order chi connectivity index (χ1) is 19.6. The molecule has 5 aromatic rings. The quantitative estimate of drug-likeness (QED) is 0.146. The highest BCUT2D eigenvalue weighted by atomic mass is 32.2. The van der Waals surface area contributed by atoms with E-state index >= 15 is 0 Å². The Bertz CT molecular complexity index is 1810. The van der Waals surface area contributed by atoms with E-state index in [1.165, 1.54) is 17.3 Å². The van der Waals surface area contributed by atoms with Crippen LogP contribution in [-0.2, 0) is 16.7 Å². The van der Waals surface area contributed by atoms with Crippen molar-refractivity contribution in [1.29, 1.82) is 0 Å². The van der Waals surface area contributed by atoms with Crippen LogP contribution in [0.5, 0.6) is 0 Å². The van der Waals surface area contributed by atoms with Crippen LogP contribution in [0.3, 0.4) is 0 Å². The van der Waals surface area contributed by atoms with Crippen LogP contribution in [-0.4, -0.2) is 18.7 Å². The van der Waals surface area contributed by atoms with Gasteiger partial charge in [-0.1, -0.05) is 54.6 Å². The molecule has 0 unspecified atom stereocenters. The average molecular weight is 568 g/mol. The minimum absolute atomic E-state index is 0.199. The highest BCUT2D eigenvalue weighted by Gasteiger charge is 2.14. The Morgan fingerprint density at radius 2 is 1.44 bits per heavy atom. The van der Waals surface area contributed by atoms with Gasteiger partial charge in [0.15, 0.2) is 12.0 Å². The number of pyridine rings is 1. The number of hydrogen-bond acceptors (Lipinski definition) is 3. The molecule has 1 aromatic heterocycles. The molecule has 5 nitrogen and oxygen atoms in total. The van der Waals surface area contributed by atoms with Gasteiger partial charge in [-0.25, -0.2) is 4.57 Å². The Hall–Kier alpha value is -4.33. The summed E-state index contributed by atoms with van der Waals surface area (Å²) in [6.45, 7) is 4.49. The van der Waals surface area contributed by atoms with Gasteiger partial charge in [-0.3, -0.25) is 4.55 Å². The summed E-state index contributed by atoms with van der Waals surface area (Å²) >= 11 is 0. The van der Waals surface area contributed by atoms with Gasteiger partial charge in [0.05, 0.1) is 5.75 Å². The second kappa shape index (κ2) is 12.0. The summed E-state index contributed by atoms with van der Waals surface area (Å²) in [6.07, 6.45) is 6.83. The van der Waals surface area contributed by atoms with Crippen LogP contribution in [0.25, 0.3) is 22.9 Å². The molecule has 0 fully saturated rings. The van der Waals surface area contributed by atoms with Gasteiger partial charge in [-0.05, 0) is 83.8 Å². The number of benzene rings is 4. The van der Waals surface area contributed by atoms with Crippen molar-refractivity contribution in [3.63, 3.8) is 0 Å². The fourth-order valence-electron chi connectivity index (χ4n) is 4.88. The molecule has 0 radical (unpaired) electrons. The van der Waals surface area contributed by atoms with Crippen LogP contribution in [0.4, 0.5) is 21.5 Å². The van der Waals surface area contributed by atoms with Gasteiger partial charge in [0.1, 0.15) is 6.54 Å². The van der Waals surface area contributed by atoms with E-state index in [2.05, 4.69) is 97.6 Å². The summed E-state index contributed by atoms with van der Waals surface area (Å²) in [5.74, 6) is -0.767. The molecular weight excluding hydrogens is 535 g/mol. The molecule has 41 heavy (non-hydrogen) atoms. The van der Waals surface area contributed by atoms with E-state index in [1.807, 2.05) is 12.1 Å². The van der Waals surface area contributed by atoms with Gasteiger partial charge >= 0.3 is 0 Å². The van der Waals surface area contributed by atoms with Gasteiger partial charge in [0.25, 0.3) is 10.1 Å². The number of hydrogen-bond donors (Lipinski definition) is 1. The van der Waals surface area contributed by atoms with E-state index in [4.69, 9.17) is 4.55 Å². The van der Waals surface area contributed by atoms with Crippen LogP contribution < -0.4 is 9.47 Å². The van der Waals surface area contributed by atoms with Crippen molar-refractivity contribution < 1.29 is 21.9 Å². The first kappa shape index (κ1) is 28.2. The zero-order chi connectivity index (χ0) is 29.0. The van der Waals surface area contributed by atoms with E-state index in [0.29, 0.717) is 12.1 Å². The average Bonchev–Trinajstić information content (AvgIpc) is 2.92. The lowest BCUT2D eigenvalue weighted by atomic mass is 10.0. The molecule has 0 aliphatic carbocycles. The van der Waals surface area contributed by atoms with E-state index in [0.717, 1.165) is 33.4 Å². The number of rotatable bonds is 9. The Kier molecular flexibility index (Phi) is 8.28. The van der Waals surface area contributed by atoms with Gasteiger partial charge in [0.2, 0.25) is 6.20 Å². The van der Waals surface area contributed by atoms with Crippen LogP contribution in [0.2, 0.25) is 0 Å². The first-order valence-electron chi connectivity index (χ1n) is 13.4. The van der Waals surface area contributed by atoms with Gasteiger partial charge in [-0.2, -0.15) is 12.8 Å². The standard InChI is InChI=1S/C34H31FN2O3S/c1-25-6-3-8-31(20-25)37(32-9-4-7-26(2)21-32)33-15-14-29-22-27(11-13-30(29)23-33)10-12-28-16-18-36(24-34(28)35)17-5-19-41(38,39)40/h3-4,6-16,18,20-24H,5,17,19H2,1-2H3/p+1. The molecule has 0 aliphatic rings. The molecule has 0 bridgehead atoms. The number of aryl methyl sites for hydroxylation is 3. The van der Waals surface area contributed by atoms with Crippen LogP contribution >= 0.6 is 0 Å². The minimum atomic E-state index is -4.02. The van der Waals surface area contributed by atoms with Crippen molar-refractivity contribution in [1.82, 2.24) is 0 Å². The van der Waals surface area contributed by atoms with E-state index in [-0.39, 0.29) is 12.2 Å². The lowest BCUT2D eigenvalue weighted by molar-refractivity contribution is -0.698. The number of nitrogens with zero attached hydrogens (tertiary/aromatic N) is 2. The molecule has 0 atom stereocenters. The largest absolute Gasteiger partial charge is 0.310 e. The van der Waals surface area contributed by atoms with Crippen molar-refractivity contribution in [2.24, 2.45) is 0 Å². The molecular formula is C34H32FN2O3S+. The molecule has 1 N–H and O–H groups in total. The zero-order valence-corrected chi connectivity index (χ0v) is 23.9. The summed E-state index contributed by atoms with van der Waals surface area (Å²) in [7, 11) is -4.02. The van der Waals surface area contributed by atoms with Crippen molar-refractivity contribution in [2.75, 3.05) is 10.7 Å². The third kappa shape index (κ3) is 7.25. The second-order valence-corrected chi connectivity index (χ2v) is 11.8. The van der Waals surface area contributed by atoms with Crippen molar-refractivity contribution in [2.45, 2.75) is 26.8 Å². The summed E-state index contributed by atoms with van der Waals surface area (Å²) in [6, 6.07) is 31.2. The number of aromatic nitrogens is 1. The van der Waals surface area contributed by atoms with Gasteiger partial charge in [-0.15, -0.1) is 0 Å². The lowest BCUT2D eigenvalue weighted by Gasteiger charge is -2.26. The molecule has 1 heterocycles. The van der Waals surface area contributed by atoms with E-state index < -0.39 is 15.9 Å². The third-order valence-corrected chi connectivity index (χ3v) is 7.70. The predicted octanol–water partition coefficient (Wildman–Crippen LogP) is 7.80. The van der Waals surface area contributed by atoms with Gasteiger partial charge in [0, 0.05) is 35.1 Å². The maximum atomic E-state index is 14.7. The van der Waals surface area contributed by atoms with E-state index in [9.17, 15) is 12.8 Å². The summed E-state index contributed by atoms with van der Waals surface area (Å²) in [5.41, 5.74) is 7.02. The smallest absolute Gasteiger partial charge is 0.265 e. The van der Waals surface area contributed by atoms with Crippen molar-refractivity contribution in [3.05, 3.63) is 131 Å². The highest BCUT2D eigenvalue weighted by Crippen LogP contribution is 2.36. The fourth-order valence-corrected chi connectivity index (χ4v) is 5.38. The number of halogens is 1. The van der Waals surface area contributed by atoms with Gasteiger partial charge < -0.3 is 4.90 Å². The van der Waals surface area contributed by atoms with Crippen LogP contribution in [0, 0.1) is 19.7 Å². The Morgan fingerprint density at radius 3 is 2.07 bits per heavy atom. The molecule has 0 saturated carbocycles. The third-order valence-electron chi connectivity index (χ3n) is 6.90. The Labute approximate surface area is 240 Å². The second-order valence-electron chi connectivity index (χ2n) is 10.3. The maximum absolute atomic E-state index is 14.7. The SMILES string of the molecule is Cc1cccc(N(c2cccc(C)c2)c2ccc3cc(/C=C/c4cc[n+](CCCS(=O)(=O)O)cc4F)ccc3c2)c1. The first-order valence-corrected chi connectivity index (χ1v) is 15.0. The number of fused-ring (bicyclic) bond motifs is 1. The monoisotopic (exact) mass is 567 g/mol. The topological polar surface area (TPSA) is 61.5 Å². The normalized spacial score (nSPS) is 11.8. The van der Waals surface area contributed by atoms with Crippen LogP contribution in [0.15, 0.2) is 103 Å². The maximum Gasteiger partial charge on any atom is 0.265 e. The summed E-state index contributed by atoms with van der Waals surface area (Å²) in [4.78, 5) is 2.26. The molecule has 0 saturated heterocycles. The molecule has 0 spiro atoms. The molecule has 5 rings (SSSR count). The highest BCUT2D eigenvalue weighted by molar-refractivity contribution is 7.85. The molecule has 7 heteroatoms. The Morgan fingerprint density at radius 1 is 0.805 bits per heavy atom. The molecule has 0 aliphatic heterocycles. The molecule has 0 amide bonds. The van der Waals surface area contributed by atoms with Crippen molar-refractivity contribution >= 4 is 50.1 Å². The van der Waals surface area contributed by atoms with E-state index in [1.54, 1.807) is 22.9 Å². The predicted molar refractivity (Wildman–Crippen MR) is 165 cm³/mol. The Balaban J connectivity index is 1.39. The fraction of sp³-hybridized carbons (Fsp3) is 0.147. The van der Waals surface area contributed by atoms with Crippen molar-refractivity contribution in [3.8, 4) is 0 Å². The summed E-state index contributed by atoms with van der Waals surface area (Å²) < 4.78 is 46.9.